The van der Waals surface area contributed by atoms with Crippen LogP contribution in [-0.4, -0.2) is 26.8 Å². The van der Waals surface area contributed by atoms with Gasteiger partial charge in [0, 0.05) is 13.2 Å². The topological polar surface area (TPSA) is 18.5 Å². The Labute approximate surface area is 159 Å². The standard InChI is InChI=1S/C13H17BF3O2.K/c1-10-8-12(14(15,16)17)2-3-13(10)19-9-11-4-6-18-7-5-11;/h2-3,8,11H,4-7,9H2,1H3;/q-1;+1. The van der Waals surface area contributed by atoms with Crippen LogP contribution in [0.1, 0.15) is 18.4 Å². The van der Waals surface area contributed by atoms with Gasteiger partial charge in [0.05, 0.1) is 6.61 Å². The summed E-state index contributed by atoms with van der Waals surface area (Å²) in [6.45, 7) is -1.27. The van der Waals surface area contributed by atoms with E-state index >= 15 is 0 Å². The van der Waals surface area contributed by atoms with Gasteiger partial charge in [-0.25, -0.2) is 0 Å². The van der Waals surface area contributed by atoms with Crippen molar-refractivity contribution in [3.05, 3.63) is 23.8 Å². The van der Waals surface area contributed by atoms with E-state index in [-0.39, 0.29) is 51.4 Å². The largest absolute Gasteiger partial charge is 1.00 e. The Morgan fingerprint density at radius 1 is 1.25 bits per heavy atom. The van der Waals surface area contributed by atoms with E-state index in [1.165, 1.54) is 6.07 Å². The third kappa shape index (κ3) is 5.35. The number of benzene rings is 1. The van der Waals surface area contributed by atoms with E-state index in [1.54, 1.807) is 6.92 Å². The van der Waals surface area contributed by atoms with Crippen molar-refractivity contribution in [1.29, 1.82) is 0 Å². The van der Waals surface area contributed by atoms with E-state index in [1.807, 2.05) is 0 Å². The van der Waals surface area contributed by atoms with Crippen LogP contribution in [-0.2, 0) is 4.74 Å². The zero-order valence-electron chi connectivity index (χ0n) is 11.9. The smallest absolute Gasteiger partial charge is 0.493 e. The van der Waals surface area contributed by atoms with Gasteiger partial charge in [-0.15, -0.1) is 5.46 Å². The van der Waals surface area contributed by atoms with E-state index in [4.69, 9.17) is 9.47 Å². The SMILES string of the molecule is Cc1cc([B-](F)(F)F)ccc1OCC1CCOCC1.[K+]. The van der Waals surface area contributed by atoms with Crippen LogP contribution in [0.4, 0.5) is 12.9 Å². The number of aryl methyl sites for hydroxylation is 1. The molecule has 1 aliphatic heterocycles. The second kappa shape index (κ2) is 8.20. The first-order valence-corrected chi connectivity index (χ1v) is 6.48. The summed E-state index contributed by atoms with van der Waals surface area (Å²) in [5.41, 5.74) is -0.0420. The van der Waals surface area contributed by atoms with Gasteiger partial charge < -0.3 is 22.4 Å². The molecular formula is C13H17BF3KO2. The minimum atomic E-state index is -4.94. The molecule has 0 radical (unpaired) electrons. The third-order valence-electron chi connectivity index (χ3n) is 3.39. The van der Waals surface area contributed by atoms with E-state index < -0.39 is 12.4 Å². The van der Waals surface area contributed by atoms with Crippen molar-refractivity contribution in [3.8, 4) is 5.75 Å². The van der Waals surface area contributed by atoms with Gasteiger partial charge in [0.2, 0.25) is 0 Å². The third-order valence-corrected chi connectivity index (χ3v) is 3.39. The summed E-state index contributed by atoms with van der Waals surface area (Å²) in [5.74, 6) is 0.968. The average Bonchev–Trinajstić information content (AvgIpc) is 2.37. The fraction of sp³-hybridized carbons (Fsp3) is 0.538. The molecule has 1 fully saturated rings. The van der Waals surface area contributed by atoms with Crippen molar-refractivity contribution in [1.82, 2.24) is 0 Å². The maximum atomic E-state index is 12.6. The summed E-state index contributed by atoms with van der Waals surface area (Å²) < 4.78 is 48.6. The summed E-state index contributed by atoms with van der Waals surface area (Å²) in [7, 11) is 0. The quantitative estimate of drug-likeness (QED) is 0.721. The van der Waals surface area contributed by atoms with Gasteiger partial charge in [0.25, 0.3) is 0 Å². The van der Waals surface area contributed by atoms with Crippen LogP contribution in [0.5, 0.6) is 5.75 Å². The van der Waals surface area contributed by atoms with Crippen molar-refractivity contribution in [2.75, 3.05) is 19.8 Å². The van der Waals surface area contributed by atoms with Crippen LogP contribution in [0.2, 0.25) is 0 Å². The van der Waals surface area contributed by atoms with Crippen LogP contribution >= 0.6 is 0 Å². The van der Waals surface area contributed by atoms with Crippen LogP contribution in [0.15, 0.2) is 18.2 Å². The molecule has 0 atom stereocenters. The molecule has 0 unspecified atom stereocenters. The minimum absolute atomic E-state index is 0. The minimum Gasteiger partial charge on any atom is -0.493 e. The molecule has 0 bridgehead atoms. The number of ether oxygens (including phenoxy) is 2. The first-order valence-electron chi connectivity index (χ1n) is 6.48. The Balaban J connectivity index is 0.00000200. The molecule has 0 aliphatic carbocycles. The van der Waals surface area contributed by atoms with Gasteiger partial charge in [-0.05, 0) is 37.3 Å². The predicted molar refractivity (Wildman–Crippen MR) is 68.9 cm³/mol. The molecule has 0 N–H and O–H groups in total. The summed E-state index contributed by atoms with van der Waals surface area (Å²) in [4.78, 5) is 0. The molecule has 106 valence electrons. The molecule has 7 heteroatoms. The van der Waals surface area contributed by atoms with Crippen molar-refractivity contribution in [2.45, 2.75) is 19.8 Å². The second-order valence-electron chi connectivity index (χ2n) is 4.97. The van der Waals surface area contributed by atoms with Crippen LogP contribution in [0, 0.1) is 12.8 Å². The van der Waals surface area contributed by atoms with Crippen LogP contribution < -0.4 is 61.6 Å². The Hall–Kier alpha value is 0.471. The van der Waals surface area contributed by atoms with Crippen molar-refractivity contribution in [3.63, 3.8) is 0 Å². The van der Waals surface area contributed by atoms with Crippen molar-refractivity contribution in [2.24, 2.45) is 5.92 Å². The number of hydrogen-bond acceptors (Lipinski definition) is 2. The number of rotatable bonds is 4. The molecule has 1 aromatic carbocycles. The van der Waals surface area contributed by atoms with Gasteiger partial charge in [-0.1, -0.05) is 12.1 Å². The van der Waals surface area contributed by atoms with E-state index in [0.29, 0.717) is 23.8 Å². The van der Waals surface area contributed by atoms with Crippen molar-refractivity contribution >= 4 is 12.4 Å². The van der Waals surface area contributed by atoms with E-state index in [9.17, 15) is 12.9 Å². The molecule has 0 saturated carbocycles. The van der Waals surface area contributed by atoms with Gasteiger partial charge >= 0.3 is 58.4 Å². The monoisotopic (exact) mass is 312 g/mol. The molecule has 2 nitrogen and oxygen atoms in total. The zero-order chi connectivity index (χ0) is 13.9. The predicted octanol–water partition coefficient (Wildman–Crippen LogP) is -0.141. The van der Waals surface area contributed by atoms with E-state index in [2.05, 4.69) is 0 Å². The molecule has 0 spiro atoms. The first-order chi connectivity index (χ1) is 8.97. The van der Waals surface area contributed by atoms with Gasteiger partial charge in [-0.2, -0.15) is 0 Å². The molecule has 0 amide bonds. The molecule has 1 aromatic rings. The van der Waals surface area contributed by atoms with Crippen LogP contribution in [0.3, 0.4) is 0 Å². The van der Waals surface area contributed by atoms with Gasteiger partial charge in [0.15, 0.2) is 0 Å². The van der Waals surface area contributed by atoms with E-state index in [0.717, 1.165) is 38.2 Å². The Morgan fingerprint density at radius 2 is 1.90 bits per heavy atom. The molecule has 2 rings (SSSR count). The van der Waals surface area contributed by atoms with Gasteiger partial charge in [0.1, 0.15) is 5.75 Å². The Kier molecular flexibility index (Phi) is 7.59. The van der Waals surface area contributed by atoms with Crippen molar-refractivity contribution < 1.29 is 73.8 Å². The maximum Gasteiger partial charge on any atom is 1.00 e. The second-order valence-corrected chi connectivity index (χ2v) is 4.97. The summed E-state index contributed by atoms with van der Waals surface area (Å²) in [5, 5.41) is 0. The molecular weight excluding hydrogens is 295 g/mol. The summed E-state index contributed by atoms with van der Waals surface area (Å²) in [6.07, 6.45) is 1.89. The zero-order valence-corrected chi connectivity index (χ0v) is 15.0. The molecule has 1 aliphatic rings. The maximum absolute atomic E-state index is 12.6. The van der Waals surface area contributed by atoms with Gasteiger partial charge in [-0.3, -0.25) is 0 Å². The fourth-order valence-electron chi connectivity index (χ4n) is 2.16. The normalized spacial score (nSPS) is 16.6. The molecule has 0 aromatic heterocycles. The molecule has 20 heavy (non-hydrogen) atoms. The van der Waals surface area contributed by atoms with Crippen LogP contribution in [0.25, 0.3) is 0 Å². The average molecular weight is 312 g/mol. The number of hydrogen-bond donors (Lipinski definition) is 0. The molecule has 1 saturated heterocycles. The first kappa shape index (κ1) is 18.5. The molecule has 1 heterocycles. The summed E-state index contributed by atoms with van der Waals surface area (Å²) >= 11 is 0. The fourth-order valence-corrected chi connectivity index (χ4v) is 2.16. The summed E-state index contributed by atoms with van der Waals surface area (Å²) in [6, 6.07) is 3.66. The number of halogens is 3. The Bertz CT molecular complexity index is 434. The Morgan fingerprint density at radius 3 is 2.45 bits per heavy atom.